The van der Waals surface area contributed by atoms with Gasteiger partial charge in [-0.15, -0.1) is 0 Å². The monoisotopic (exact) mass is 444 g/mol. The van der Waals surface area contributed by atoms with E-state index in [2.05, 4.69) is 10.2 Å². The number of likely N-dealkylation sites (N-methyl/N-ethyl adjacent to an activating group) is 2. The van der Waals surface area contributed by atoms with E-state index in [1.807, 2.05) is 66.0 Å². The zero-order valence-electron chi connectivity index (χ0n) is 20.3. The van der Waals surface area contributed by atoms with Crippen molar-refractivity contribution in [2.24, 2.45) is 0 Å². The summed E-state index contributed by atoms with van der Waals surface area (Å²) in [5.41, 5.74) is 3.17. The number of rotatable bonds is 9. The molecule has 8 nitrogen and oxygen atoms in total. The van der Waals surface area contributed by atoms with Crippen LogP contribution in [0.1, 0.15) is 59.6 Å². The summed E-state index contributed by atoms with van der Waals surface area (Å²) in [5, 5.41) is 21.7. The van der Waals surface area contributed by atoms with E-state index in [0.29, 0.717) is 30.2 Å². The van der Waals surface area contributed by atoms with Gasteiger partial charge in [0.2, 0.25) is 0 Å². The first-order chi connectivity index (χ1) is 14.8. The lowest BCUT2D eigenvalue weighted by Gasteiger charge is -2.37. The molecule has 2 atom stereocenters. The summed E-state index contributed by atoms with van der Waals surface area (Å²) in [4.78, 5) is 15.2. The highest BCUT2D eigenvalue weighted by Gasteiger charge is 2.32. The maximum Gasteiger partial charge on any atom is 0.305 e. The van der Waals surface area contributed by atoms with Crippen LogP contribution in [0, 0.1) is 5.82 Å². The third kappa shape index (κ3) is 7.83. The van der Waals surface area contributed by atoms with Gasteiger partial charge in [-0.1, -0.05) is 34.6 Å². The Morgan fingerprint density at radius 2 is 2.00 bits per heavy atom. The van der Waals surface area contributed by atoms with Crippen LogP contribution in [0.4, 0.5) is 15.8 Å². The molecular formula is C22H41FN4O4. The number of hydroxylamine groups is 1. The molecule has 0 radical (unpaired) electrons. The van der Waals surface area contributed by atoms with Gasteiger partial charge in [0.25, 0.3) is 0 Å². The van der Waals surface area contributed by atoms with Crippen LogP contribution >= 0.6 is 0 Å². The second kappa shape index (κ2) is 14.8. The van der Waals surface area contributed by atoms with Crippen LogP contribution in [0.5, 0.6) is 5.75 Å². The zero-order chi connectivity index (χ0) is 24.1. The number of carboxylic acids is 1. The number of ether oxygens (including phenoxy) is 1. The maximum atomic E-state index is 14.9. The Morgan fingerprint density at radius 1 is 1.39 bits per heavy atom. The highest BCUT2D eigenvalue weighted by atomic mass is 19.1. The van der Waals surface area contributed by atoms with Crippen molar-refractivity contribution >= 4 is 17.3 Å². The number of anilines is 2. The molecule has 0 bridgehead atoms. The number of benzene rings is 1. The number of hydrogen-bond acceptors (Lipinski definition) is 7. The molecule has 4 N–H and O–H groups in total. The van der Waals surface area contributed by atoms with E-state index in [1.165, 1.54) is 6.07 Å². The molecule has 0 fully saturated rings. The lowest BCUT2D eigenvalue weighted by atomic mass is 9.98. The number of nitrogens with one attached hydrogen (secondary N) is 2. The van der Waals surface area contributed by atoms with Gasteiger partial charge in [0.15, 0.2) is 11.6 Å². The molecule has 1 aliphatic heterocycles. The van der Waals surface area contributed by atoms with Crippen LogP contribution in [-0.2, 0) is 4.79 Å². The molecular weight excluding hydrogens is 403 g/mol. The van der Waals surface area contributed by atoms with Crippen molar-refractivity contribution in [2.45, 2.75) is 60.0 Å². The van der Waals surface area contributed by atoms with Crippen LogP contribution in [-0.4, -0.2) is 67.6 Å². The van der Waals surface area contributed by atoms with Gasteiger partial charge in [-0.3, -0.25) is 4.79 Å². The van der Waals surface area contributed by atoms with E-state index in [4.69, 9.17) is 9.84 Å². The van der Waals surface area contributed by atoms with Crippen molar-refractivity contribution in [1.29, 1.82) is 0 Å². The van der Waals surface area contributed by atoms with Gasteiger partial charge >= 0.3 is 5.97 Å². The summed E-state index contributed by atoms with van der Waals surface area (Å²) in [6.45, 7) is 14.5. The van der Waals surface area contributed by atoms with Crippen LogP contribution in [0.3, 0.4) is 0 Å². The number of fused-ring (bicyclic) bond motifs is 1. The van der Waals surface area contributed by atoms with Crippen molar-refractivity contribution in [2.75, 3.05) is 50.6 Å². The van der Waals surface area contributed by atoms with Crippen LogP contribution < -0.4 is 20.4 Å². The molecule has 0 aliphatic carbocycles. The number of aliphatic carboxylic acids is 1. The minimum absolute atomic E-state index is 0.0185. The first-order valence-corrected chi connectivity index (χ1v) is 11.1. The standard InChI is InChI=1S/C18H29FN4O4.2C2H6/c1-5-22(3)7-6-20-16-13(19)8-12(14(21-26)9-15(24)25)17-18(16)27-10-11(2)23(17)4;2*1-2/h8,11,14,20-21,26H,5-7,9-10H2,1-4H3,(H,24,25);2*1-2H3. The third-order valence-corrected chi connectivity index (χ3v) is 4.96. The van der Waals surface area contributed by atoms with Gasteiger partial charge in [-0.05, 0) is 26.6 Å². The summed E-state index contributed by atoms with van der Waals surface area (Å²) in [5.74, 6) is -1.31. The molecule has 9 heteroatoms. The molecule has 1 aromatic rings. The van der Waals surface area contributed by atoms with Gasteiger partial charge in [0.05, 0.1) is 24.2 Å². The molecule has 2 unspecified atom stereocenters. The average molecular weight is 445 g/mol. The van der Waals surface area contributed by atoms with Gasteiger partial charge in [-0.2, -0.15) is 5.48 Å². The minimum atomic E-state index is -1.10. The summed E-state index contributed by atoms with van der Waals surface area (Å²) >= 11 is 0. The molecule has 0 saturated carbocycles. The van der Waals surface area contributed by atoms with Gasteiger partial charge in [0, 0.05) is 25.7 Å². The number of carboxylic acid groups (broad SMARTS) is 1. The maximum absolute atomic E-state index is 14.9. The Bertz CT molecular complexity index is 675. The van der Waals surface area contributed by atoms with E-state index in [0.717, 1.165) is 13.1 Å². The first kappa shape index (κ1) is 28.9. The Balaban J connectivity index is 0.00000212. The lowest BCUT2D eigenvalue weighted by molar-refractivity contribution is -0.138. The Labute approximate surface area is 186 Å². The molecule has 0 spiro atoms. The topological polar surface area (TPSA) is 97.3 Å². The van der Waals surface area contributed by atoms with Crippen LogP contribution in [0.2, 0.25) is 0 Å². The molecule has 1 aliphatic rings. The Hall–Kier alpha value is -2.10. The fourth-order valence-corrected chi connectivity index (χ4v) is 3.04. The predicted molar refractivity (Wildman–Crippen MR) is 124 cm³/mol. The SMILES string of the molecule is CC.CC.CCN(C)CCNc1c(F)cc(C(CC(=O)O)NO)c2c1OCC(C)N2C. The largest absolute Gasteiger partial charge is 0.487 e. The van der Waals surface area contributed by atoms with Crippen LogP contribution in [0.15, 0.2) is 6.07 Å². The smallest absolute Gasteiger partial charge is 0.305 e. The number of hydrogen-bond donors (Lipinski definition) is 4. The van der Waals surface area contributed by atoms with Crippen molar-refractivity contribution in [3.8, 4) is 5.75 Å². The van der Waals surface area contributed by atoms with Gasteiger partial charge < -0.3 is 30.2 Å². The molecule has 0 amide bonds. The number of nitrogens with zero attached hydrogens (tertiary/aromatic N) is 2. The summed E-state index contributed by atoms with van der Waals surface area (Å²) in [6.07, 6.45) is -0.390. The predicted octanol–water partition coefficient (Wildman–Crippen LogP) is 3.95. The van der Waals surface area contributed by atoms with E-state index < -0.39 is 24.2 Å². The fourth-order valence-electron chi connectivity index (χ4n) is 3.04. The second-order valence-corrected chi connectivity index (χ2v) is 6.87. The summed E-state index contributed by atoms with van der Waals surface area (Å²) < 4.78 is 20.7. The van der Waals surface area contributed by atoms with Crippen molar-refractivity contribution in [3.63, 3.8) is 0 Å². The highest BCUT2D eigenvalue weighted by Crippen LogP contribution is 2.46. The molecule has 0 aromatic heterocycles. The molecule has 1 aromatic carbocycles. The average Bonchev–Trinajstić information content (AvgIpc) is 2.78. The van der Waals surface area contributed by atoms with Crippen LogP contribution in [0.25, 0.3) is 0 Å². The quantitative estimate of drug-likeness (QED) is 0.425. The molecule has 180 valence electrons. The Morgan fingerprint density at radius 3 is 2.52 bits per heavy atom. The zero-order valence-corrected chi connectivity index (χ0v) is 20.3. The molecule has 31 heavy (non-hydrogen) atoms. The number of halogens is 1. The van der Waals surface area contributed by atoms with Gasteiger partial charge in [-0.25, -0.2) is 4.39 Å². The minimum Gasteiger partial charge on any atom is -0.487 e. The van der Waals surface area contributed by atoms with E-state index >= 15 is 0 Å². The number of carbonyl (C=O) groups is 1. The van der Waals surface area contributed by atoms with E-state index in [1.54, 1.807) is 0 Å². The first-order valence-electron chi connectivity index (χ1n) is 11.1. The van der Waals surface area contributed by atoms with Crippen molar-refractivity contribution in [1.82, 2.24) is 10.4 Å². The highest BCUT2D eigenvalue weighted by molar-refractivity contribution is 5.78. The molecule has 0 saturated heterocycles. The van der Waals surface area contributed by atoms with Gasteiger partial charge in [0.1, 0.15) is 12.3 Å². The Kier molecular flexibility index (Phi) is 13.8. The van der Waals surface area contributed by atoms with E-state index in [9.17, 15) is 14.4 Å². The molecule has 1 heterocycles. The summed E-state index contributed by atoms with van der Waals surface area (Å²) in [7, 11) is 3.82. The summed E-state index contributed by atoms with van der Waals surface area (Å²) in [6, 6.07) is 0.326. The van der Waals surface area contributed by atoms with E-state index in [-0.39, 0.29) is 11.7 Å². The third-order valence-electron chi connectivity index (χ3n) is 4.96. The lowest BCUT2D eigenvalue weighted by Crippen LogP contribution is -2.40. The second-order valence-electron chi connectivity index (χ2n) is 6.87. The normalized spacial score (nSPS) is 15.6. The molecule has 2 rings (SSSR count). The van der Waals surface area contributed by atoms with Crippen molar-refractivity contribution < 1.29 is 24.2 Å². The fraction of sp³-hybridized carbons (Fsp3) is 0.682. The van der Waals surface area contributed by atoms with Crippen molar-refractivity contribution in [3.05, 3.63) is 17.4 Å².